The van der Waals surface area contributed by atoms with Crippen LogP contribution in [0.3, 0.4) is 0 Å². The lowest BCUT2D eigenvalue weighted by Gasteiger charge is -2.36. The van der Waals surface area contributed by atoms with Crippen molar-refractivity contribution in [2.45, 2.75) is 62.7 Å². The van der Waals surface area contributed by atoms with Crippen molar-refractivity contribution in [3.63, 3.8) is 0 Å². The average Bonchev–Trinajstić information content (AvgIpc) is 3.26. The van der Waals surface area contributed by atoms with Gasteiger partial charge in [0.15, 0.2) is 0 Å². The van der Waals surface area contributed by atoms with Crippen molar-refractivity contribution in [2.75, 3.05) is 22.1 Å². The van der Waals surface area contributed by atoms with Gasteiger partial charge in [0.05, 0.1) is 5.69 Å². The number of likely N-dealkylation sites (N-methyl/N-ethyl adjacent to an activating group) is 1. The Hall–Kier alpha value is -4.09. The first-order valence-corrected chi connectivity index (χ1v) is 20.9. The number of halogens is 1. The number of nitrogens with zero attached hydrogens (tertiary/aromatic N) is 2. The number of hydrogen-bond acceptors (Lipinski definition) is 3. The van der Waals surface area contributed by atoms with Crippen LogP contribution in [0.4, 0.5) is 11.4 Å². The second-order valence-corrected chi connectivity index (χ2v) is 19.1. The molecule has 0 atom stereocenters. The van der Waals surface area contributed by atoms with Crippen molar-refractivity contribution in [3.05, 3.63) is 165 Å². The molecule has 4 aliphatic rings. The fourth-order valence-corrected chi connectivity index (χ4v) is 12.1. The van der Waals surface area contributed by atoms with Crippen LogP contribution >= 0.6 is 32.8 Å². The van der Waals surface area contributed by atoms with E-state index in [2.05, 4.69) is 183 Å². The van der Waals surface area contributed by atoms with E-state index in [-0.39, 0.29) is 31.8 Å². The van der Waals surface area contributed by atoms with Crippen LogP contribution in [0.5, 0.6) is 0 Å². The highest BCUT2D eigenvalue weighted by molar-refractivity contribution is 14.2. The first-order valence-electron chi connectivity index (χ1n) is 18.0. The number of thioether (sulfide) groups is 1. The van der Waals surface area contributed by atoms with Crippen molar-refractivity contribution >= 4 is 70.2 Å². The number of hydrogen-bond donors (Lipinski definition) is 0. The lowest BCUT2D eigenvalue weighted by Crippen LogP contribution is -2.42. The predicted octanol–water partition coefficient (Wildman–Crippen LogP) is 10.9. The molecule has 0 bridgehead atoms. The quantitative estimate of drug-likeness (QED) is 0.147. The van der Waals surface area contributed by atoms with Crippen molar-refractivity contribution in [1.29, 1.82) is 0 Å². The Bertz CT molecular complexity index is 2430. The van der Waals surface area contributed by atoms with Crippen LogP contribution in [0.15, 0.2) is 148 Å². The highest BCUT2D eigenvalue weighted by Crippen LogP contribution is 2.50. The van der Waals surface area contributed by atoms with E-state index in [9.17, 15) is 0 Å². The summed E-state index contributed by atoms with van der Waals surface area (Å²) in [6.45, 7) is 9.62. The maximum atomic E-state index is 3.63. The van der Waals surface area contributed by atoms with Gasteiger partial charge in [-0.3, -0.25) is 0 Å². The van der Waals surface area contributed by atoms with E-state index in [1.54, 1.807) is 0 Å². The molecule has 0 amide bonds. The topological polar surface area (TPSA) is 6.48 Å². The van der Waals surface area contributed by atoms with Crippen LogP contribution in [0, 0.1) is 0 Å². The summed E-state index contributed by atoms with van der Waals surface area (Å²) in [6.07, 6.45) is 21.6. The fraction of sp³-hybridized carbons (Fsp3) is 0.234. The standard InChI is InChI=1S/C47H45IN2S/c1-46(2)41(48-50(6)40-29-25-32-16-9-7-12-22-38(32)44(40)46)30-26-34-18-15-19-35(45(34)51-36-20-10-8-11-21-36)27-31-42-47(3,4)43-37-23-14-13-17-33(37)24-28-39(43)49(42)5/h7-14,16-17,20-21,23-31H,15,18-19H2,1-6H3/b30-26+,35-27+,42-31+. The normalized spacial score (nSPS) is 20.5. The van der Waals surface area contributed by atoms with Crippen molar-refractivity contribution in [2.24, 2.45) is 0 Å². The van der Waals surface area contributed by atoms with E-state index in [0.29, 0.717) is 0 Å². The zero-order chi connectivity index (χ0) is 35.3. The molecule has 0 unspecified atom stereocenters. The van der Waals surface area contributed by atoms with Gasteiger partial charge in [0.2, 0.25) is 0 Å². The largest absolute Gasteiger partial charge is 0.347 e. The first kappa shape index (κ1) is 34.0. The molecule has 0 aromatic heterocycles. The molecule has 8 rings (SSSR count). The summed E-state index contributed by atoms with van der Waals surface area (Å²) in [6, 6.07) is 28.9. The molecule has 4 heteroatoms. The van der Waals surface area contributed by atoms with Gasteiger partial charge in [0, 0.05) is 81.4 Å². The molecule has 4 aromatic carbocycles. The Labute approximate surface area is 317 Å². The van der Waals surface area contributed by atoms with Crippen LogP contribution in [0.1, 0.15) is 58.1 Å². The lowest BCUT2D eigenvalue weighted by atomic mass is 9.78. The minimum atomic E-state index is -0.344. The summed E-state index contributed by atoms with van der Waals surface area (Å²) in [5.41, 5.74) is 13.2. The molecule has 2 aliphatic heterocycles. The molecule has 2 aliphatic carbocycles. The molecule has 0 N–H and O–H groups in total. The summed E-state index contributed by atoms with van der Waals surface area (Å²) in [4.78, 5) is 5.11. The molecule has 0 fully saturated rings. The van der Waals surface area contributed by atoms with E-state index in [0.717, 1.165) is 19.3 Å². The molecule has 0 radical (unpaired) electrons. The Morgan fingerprint density at radius 3 is 2.39 bits per heavy atom. The van der Waals surface area contributed by atoms with Crippen LogP contribution in [0.25, 0.3) is 22.6 Å². The fourth-order valence-electron chi connectivity index (χ4n) is 8.29. The third kappa shape index (κ3) is 6.05. The van der Waals surface area contributed by atoms with E-state index < -0.39 is 0 Å². The molecule has 0 saturated heterocycles. The Kier molecular flexibility index (Phi) is 8.99. The minimum Gasteiger partial charge on any atom is -0.347 e. The van der Waals surface area contributed by atoms with E-state index in [4.69, 9.17) is 0 Å². The summed E-state index contributed by atoms with van der Waals surface area (Å²) in [7, 11) is 4.51. The monoisotopic (exact) mass is 796 g/mol. The number of benzene rings is 4. The van der Waals surface area contributed by atoms with Crippen molar-refractivity contribution in [1.82, 2.24) is 0 Å². The van der Waals surface area contributed by atoms with E-state index in [1.165, 1.54) is 73.9 Å². The molecular weight excluding hydrogens is 752 g/mol. The van der Waals surface area contributed by atoms with Gasteiger partial charge >= 0.3 is 0 Å². The molecule has 2 heterocycles. The molecule has 256 valence electrons. The van der Waals surface area contributed by atoms with Gasteiger partial charge in [-0.2, -0.15) is 0 Å². The molecule has 4 aromatic rings. The number of fused-ring (bicyclic) bond motifs is 6. The summed E-state index contributed by atoms with van der Waals surface area (Å²) < 4.78 is 4.06. The van der Waals surface area contributed by atoms with Crippen molar-refractivity contribution < 1.29 is 0 Å². The second kappa shape index (κ2) is 13.5. The molecule has 51 heavy (non-hydrogen) atoms. The van der Waals surface area contributed by atoms with Crippen LogP contribution in [0.2, 0.25) is 0 Å². The number of rotatable bonds is 5. The average molecular weight is 797 g/mol. The van der Waals surface area contributed by atoms with Gasteiger partial charge in [-0.05, 0) is 88.4 Å². The molecule has 0 spiro atoms. The minimum absolute atomic E-state index is 0.0845. The SMILES string of the molecule is CN1I=C(/C=C/C2=C(Sc3ccccc3)C(=C/C=C3/N(C)c4ccc5ccccc5c4C3(C)C)/CCC2)C(C)(C)c2c1ccc1c2=C=CC=CC=1. The van der Waals surface area contributed by atoms with Gasteiger partial charge in [-0.15, -0.1) is 5.73 Å². The summed E-state index contributed by atoms with van der Waals surface area (Å²) in [5, 5.41) is 5.14. The van der Waals surface area contributed by atoms with E-state index in [1.807, 2.05) is 11.8 Å². The highest BCUT2D eigenvalue weighted by atomic mass is 127. The Balaban J connectivity index is 1.21. The lowest BCUT2D eigenvalue weighted by molar-refractivity contribution is 0.645. The smallest absolute Gasteiger partial charge is 0.0503 e. The molecular formula is C47H45IN2S. The van der Waals surface area contributed by atoms with Crippen LogP contribution < -0.4 is 18.5 Å². The maximum absolute atomic E-state index is 3.63. The van der Waals surface area contributed by atoms with Crippen LogP contribution in [-0.4, -0.2) is 17.6 Å². The predicted molar refractivity (Wildman–Crippen MR) is 232 cm³/mol. The van der Waals surface area contributed by atoms with Crippen molar-refractivity contribution in [3.8, 4) is 0 Å². The number of allylic oxidation sites excluding steroid dienone is 10. The zero-order valence-corrected chi connectivity index (χ0v) is 33.4. The Morgan fingerprint density at radius 2 is 1.55 bits per heavy atom. The van der Waals surface area contributed by atoms with Gasteiger partial charge < -0.3 is 8.01 Å². The highest BCUT2D eigenvalue weighted by Gasteiger charge is 2.39. The van der Waals surface area contributed by atoms with Gasteiger partial charge in [-0.1, -0.05) is 131 Å². The summed E-state index contributed by atoms with van der Waals surface area (Å²) >= 11 is 1.59. The maximum Gasteiger partial charge on any atom is 0.0503 e. The second-order valence-electron chi connectivity index (χ2n) is 14.9. The van der Waals surface area contributed by atoms with Gasteiger partial charge in [0.1, 0.15) is 0 Å². The third-order valence-corrected chi connectivity index (χ3v) is 15.6. The summed E-state index contributed by atoms with van der Waals surface area (Å²) in [5.74, 6) is 0. The number of anilines is 2. The van der Waals surface area contributed by atoms with Gasteiger partial charge in [-0.25, -0.2) is 0 Å². The first-order chi connectivity index (χ1) is 24.6. The third-order valence-electron chi connectivity index (χ3n) is 10.9. The zero-order valence-electron chi connectivity index (χ0n) is 30.4. The Morgan fingerprint density at radius 1 is 0.765 bits per heavy atom. The van der Waals surface area contributed by atoms with Crippen LogP contribution in [-0.2, 0) is 10.8 Å². The van der Waals surface area contributed by atoms with E-state index >= 15 is 0 Å². The molecule has 2 nitrogen and oxygen atoms in total. The van der Waals surface area contributed by atoms with Gasteiger partial charge in [0.25, 0.3) is 0 Å². The molecule has 0 saturated carbocycles.